The number of methoxy groups -OCH3 is 1. The molecule has 0 atom stereocenters. The van der Waals surface area contributed by atoms with Gasteiger partial charge < -0.3 is 18.6 Å². The Morgan fingerprint density at radius 3 is 2.97 bits per heavy atom. The summed E-state index contributed by atoms with van der Waals surface area (Å²) in [6.07, 6.45) is 5.81. The van der Waals surface area contributed by atoms with Crippen molar-refractivity contribution in [1.82, 2.24) is 24.8 Å². The zero-order chi connectivity index (χ0) is 20.9. The number of hydrogen-bond donors (Lipinski definition) is 0. The normalized spacial score (nSPS) is 10.9. The van der Waals surface area contributed by atoms with Crippen LogP contribution < -0.4 is 4.74 Å². The van der Waals surface area contributed by atoms with Crippen molar-refractivity contribution in [1.29, 1.82) is 0 Å². The number of rotatable bonds is 8. The molecule has 3 aromatic heterocycles. The average molecular weight is 407 g/mol. The number of carbonyl (C=O) groups excluding carboxylic acids is 1. The van der Waals surface area contributed by atoms with Gasteiger partial charge in [-0.2, -0.15) is 10.1 Å². The molecular weight excluding hydrogens is 386 g/mol. The predicted molar refractivity (Wildman–Crippen MR) is 107 cm³/mol. The first-order valence-corrected chi connectivity index (χ1v) is 9.41. The maximum atomic E-state index is 12.5. The molecule has 154 valence electrons. The summed E-state index contributed by atoms with van der Waals surface area (Å²) in [5.74, 6) is 2.03. The van der Waals surface area contributed by atoms with Gasteiger partial charge in [0.2, 0.25) is 17.6 Å². The smallest absolute Gasteiger partial charge is 0.238 e. The SMILES string of the molecule is COc1cccc(-n2cc(CN(C)C(=O)CCc3nc(-c4ccco4)no3)cn2)c1. The van der Waals surface area contributed by atoms with E-state index in [-0.39, 0.29) is 12.3 Å². The van der Waals surface area contributed by atoms with Crippen LogP contribution in [0.15, 0.2) is 64.0 Å². The van der Waals surface area contributed by atoms with Gasteiger partial charge in [0.15, 0.2) is 5.76 Å². The van der Waals surface area contributed by atoms with Gasteiger partial charge in [0.25, 0.3) is 0 Å². The van der Waals surface area contributed by atoms with E-state index in [1.807, 2.05) is 30.5 Å². The van der Waals surface area contributed by atoms with E-state index >= 15 is 0 Å². The first kappa shape index (κ1) is 19.4. The minimum absolute atomic E-state index is 0.0260. The van der Waals surface area contributed by atoms with Crippen molar-refractivity contribution < 1.29 is 18.5 Å². The van der Waals surface area contributed by atoms with Crippen molar-refractivity contribution in [2.45, 2.75) is 19.4 Å². The first-order chi connectivity index (χ1) is 14.6. The summed E-state index contributed by atoms with van der Waals surface area (Å²) in [5.41, 5.74) is 1.81. The molecule has 4 aromatic rings. The fourth-order valence-electron chi connectivity index (χ4n) is 2.96. The quantitative estimate of drug-likeness (QED) is 0.442. The molecule has 0 fully saturated rings. The zero-order valence-electron chi connectivity index (χ0n) is 16.7. The number of aromatic nitrogens is 4. The largest absolute Gasteiger partial charge is 0.497 e. The van der Waals surface area contributed by atoms with E-state index in [1.54, 1.807) is 48.3 Å². The number of ether oxygens (including phenoxy) is 1. The van der Waals surface area contributed by atoms with Crippen molar-refractivity contribution in [3.63, 3.8) is 0 Å². The van der Waals surface area contributed by atoms with E-state index in [0.717, 1.165) is 17.0 Å². The molecule has 0 bridgehead atoms. The molecule has 0 unspecified atom stereocenters. The Balaban J connectivity index is 1.32. The molecule has 9 heteroatoms. The van der Waals surface area contributed by atoms with Gasteiger partial charge in [-0.05, 0) is 24.3 Å². The van der Waals surface area contributed by atoms with Crippen molar-refractivity contribution in [3.8, 4) is 23.0 Å². The summed E-state index contributed by atoms with van der Waals surface area (Å²) in [4.78, 5) is 18.4. The first-order valence-electron chi connectivity index (χ1n) is 9.41. The van der Waals surface area contributed by atoms with Gasteiger partial charge in [-0.1, -0.05) is 11.2 Å². The van der Waals surface area contributed by atoms with E-state index in [1.165, 1.54) is 0 Å². The van der Waals surface area contributed by atoms with Crippen LogP contribution in [0.2, 0.25) is 0 Å². The van der Waals surface area contributed by atoms with Gasteiger partial charge in [-0.3, -0.25) is 4.79 Å². The van der Waals surface area contributed by atoms with Crippen LogP contribution in [0.25, 0.3) is 17.3 Å². The monoisotopic (exact) mass is 407 g/mol. The number of carbonyl (C=O) groups is 1. The maximum Gasteiger partial charge on any atom is 0.238 e. The predicted octanol–water partition coefficient (Wildman–Crippen LogP) is 3.12. The standard InChI is InChI=1S/C21H21N5O4/c1-25(13-15-12-22-26(14-15)16-5-3-6-17(11-16)28-2)20(27)9-8-19-23-21(24-30-19)18-7-4-10-29-18/h3-7,10-12,14H,8-9,13H2,1-2H3. The summed E-state index contributed by atoms with van der Waals surface area (Å²) < 4.78 is 17.4. The number of benzene rings is 1. The topological polar surface area (TPSA) is 99.4 Å². The third-order valence-electron chi connectivity index (χ3n) is 4.56. The summed E-state index contributed by atoms with van der Waals surface area (Å²) >= 11 is 0. The molecule has 30 heavy (non-hydrogen) atoms. The van der Waals surface area contributed by atoms with Crippen LogP contribution in [0.3, 0.4) is 0 Å². The highest BCUT2D eigenvalue weighted by Crippen LogP contribution is 2.18. The number of furan rings is 1. The van der Waals surface area contributed by atoms with E-state index in [9.17, 15) is 4.79 Å². The number of aryl methyl sites for hydroxylation is 1. The van der Waals surface area contributed by atoms with E-state index < -0.39 is 0 Å². The minimum atomic E-state index is -0.0260. The molecule has 3 heterocycles. The highest BCUT2D eigenvalue weighted by Gasteiger charge is 2.15. The van der Waals surface area contributed by atoms with Gasteiger partial charge in [-0.15, -0.1) is 0 Å². The lowest BCUT2D eigenvalue weighted by Crippen LogP contribution is -2.26. The van der Waals surface area contributed by atoms with Gasteiger partial charge in [-0.25, -0.2) is 4.68 Å². The van der Waals surface area contributed by atoms with Gasteiger partial charge in [0.1, 0.15) is 5.75 Å². The Morgan fingerprint density at radius 2 is 2.17 bits per heavy atom. The van der Waals surface area contributed by atoms with Gasteiger partial charge in [0.05, 0.1) is 25.3 Å². The van der Waals surface area contributed by atoms with Crippen LogP contribution in [0.4, 0.5) is 0 Å². The molecular formula is C21H21N5O4. The second-order valence-electron chi connectivity index (χ2n) is 6.73. The fourth-order valence-corrected chi connectivity index (χ4v) is 2.96. The summed E-state index contributed by atoms with van der Waals surface area (Å²) in [5, 5.41) is 8.24. The van der Waals surface area contributed by atoms with Crippen LogP contribution in [0.1, 0.15) is 17.9 Å². The van der Waals surface area contributed by atoms with Crippen LogP contribution >= 0.6 is 0 Å². The Hall–Kier alpha value is -3.88. The Bertz CT molecular complexity index is 1120. The van der Waals surface area contributed by atoms with E-state index in [4.69, 9.17) is 13.7 Å². The Labute approximate surface area is 172 Å². The lowest BCUT2D eigenvalue weighted by Gasteiger charge is -2.15. The molecule has 0 saturated heterocycles. The number of nitrogens with zero attached hydrogens (tertiary/aromatic N) is 5. The second kappa shape index (κ2) is 8.64. The molecule has 1 aromatic carbocycles. The van der Waals surface area contributed by atoms with Crippen LogP contribution in [-0.4, -0.2) is 44.9 Å². The third kappa shape index (κ3) is 4.40. The number of amides is 1. The molecule has 9 nitrogen and oxygen atoms in total. The lowest BCUT2D eigenvalue weighted by atomic mass is 10.2. The highest BCUT2D eigenvalue weighted by molar-refractivity contribution is 5.76. The maximum absolute atomic E-state index is 12.5. The van der Waals surface area contributed by atoms with Crippen molar-refractivity contribution in [2.75, 3.05) is 14.2 Å². The zero-order valence-corrected chi connectivity index (χ0v) is 16.7. The Morgan fingerprint density at radius 1 is 1.27 bits per heavy atom. The molecule has 0 saturated carbocycles. The molecule has 0 radical (unpaired) electrons. The second-order valence-corrected chi connectivity index (χ2v) is 6.73. The lowest BCUT2D eigenvalue weighted by molar-refractivity contribution is -0.130. The molecule has 4 rings (SSSR count). The fraction of sp³-hybridized carbons (Fsp3) is 0.238. The van der Waals surface area contributed by atoms with Crippen LogP contribution in [0.5, 0.6) is 5.75 Å². The average Bonchev–Trinajstić information content (AvgIpc) is 3.53. The Kier molecular flexibility index (Phi) is 5.60. The van der Waals surface area contributed by atoms with Crippen molar-refractivity contribution >= 4 is 5.91 Å². The molecule has 0 aliphatic heterocycles. The van der Waals surface area contributed by atoms with Gasteiger partial charge >= 0.3 is 0 Å². The summed E-state index contributed by atoms with van der Waals surface area (Å²) in [6.45, 7) is 0.449. The van der Waals surface area contributed by atoms with E-state index in [0.29, 0.717) is 30.4 Å². The van der Waals surface area contributed by atoms with Crippen LogP contribution in [0, 0.1) is 0 Å². The molecule has 0 spiro atoms. The molecule has 0 aliphatic carbocycles. The summed E-state index contributed by atoms with van der Waals surface area (Å²) in [6, 6.07) is 11.1. The van der Waals surface area contributed by atoms with E-state index in [2.05, 4.69) is 15.2 Å². The minimum Gasteiger partial charge on any atom is -0.497 e. The third-order valence-corrected chi connectivity index (χ3v) is 4.56. The van der Waals surface area contributed by atoms with Gasteiger partial charge in [0, 0.05) is 44.3 Å². The molecule has 1 amide bonds. The van der Waals surface area contributed by atoms with Crippen molar-refractivity contribution in [3.05, 3.63) is 66.5 Å². The number of hydrogen-bond acceptors (Lipinski definition) is 7. The van der Waals surface area contributed by atoms with Crippen molar-refractivity contribution in [2.24, 2.45) is 0 Å². The molecule has 0 aliphatic rings. The summed E-state index contributed by atoms with van der Waals surface area (Å²) in [7, 11) is 3.38. The molecule has 0 N–H and O–H groups in total. The van der Waals surface area contributed by atoms with Crippen LogP contribution in [-0.2, 0) is 17.8 Å². The highest BCUT2D eigenvalue weighted by atomic mass is 16.5.